The predicted molar refractivity (Wildman–Crippen MR) is 134 cm³/mol. The molecular weight excluding hydrogens is 550 g/mol. The number of hydrogen-bond donors (Lipinski definition) is 2. The zero-order valence-corrected chi connectivity index (χ0v) is 21.5. The lowest BCUT2D eigenvalue weighted by atomic mass is 10.2. The molecule has 0 aliphatic heterocycles. The van der Waals surface area contributed by atoms with E-state index in [2.05, 4.69) is 36.2 Å². The predicted octanol–water partition coefficient (Wildman–Crippen LogP) is 2.93. The Morgan fingerprint density at radius 1 is 0.878 bits per heavy atom. The number of benzene rings is 1. The van der Waals surface area contributed by atoms with Crippen molar-refractivity contribution < 1.29 is 31.9 Å². The van der Waals surface area contributed by atoms with Crippen LogP contribution in [-0.2, 0) is 32.4 Å². The van der Waals surface area contributed by atoms with Crippen LogP contribution in [0.1, 0.15) is 50.6 Å². The van der Waals surface area contributed by atoms with Gasteiger partial charge < -0.3 is 15.4 Å². The minimum atomic E-state index is -4.50. The fourth-order valence-corrected chi connectivity index (χ4v) is 3.66. The summed E-state index contributed by atoms with van der Waals surface area (Å²) in [7, 11) is 0. The Morgan fingerprint density at radius 3 is 2.12 bits per heavy atom. The summed E-state index contributed by atoms with van der Waals surface area (Å²) in [5, 5.41) is 20.7. The highest BCUT2D eigenvalue weighted by Crippen LogP contribution is 2.29. The smallest absolute Gasteiger partial charge is 0.416 e. The molecule has 0 unspecified atom stereocenters. The zero-order chi connectivity index (χ0) is 29.2. The Kier molecular flexibility index (Phi) is 9.55. The van der Waals surface area contributed by atoms with Crippen LogP contribution in [0, 0.1) is 0 Å². The van der Waals surface area contributed by atoms with Gasteiger partial charge in [-0.15, -0.1) is 10.2 Å². The van der Waals surface area contributed by atoms with Gasteiger partial charge in [0.25, 0.3) is 11.8 Å². The van der Waals surface area contributed by atoms with E-state index in [-0.39, 0.29) is 30.2 Å². The van der Waals surface area contributed by atoms with Crippen LogP contribution >= 0.6 is 0 Å². The van der Waals surface area contributed by atoms with Crippen molar-refractivity contribution in [3.63, 3.8) is 0 Å². The van der Waals surface area contributed by atoms with Crippen molar-refractivity contribution >= 4 is 11.8 Å². The molecule has 41 heavy (non-hydrogen) atoms. The molecule has 4 rings (SSSR count). The van der Waals surface area contributed by atoms with Crippen molar-refractivity contribution in [2.45, 2.75) is 45.2 Å². The van der Waals surface area contributed by atoms with Crippen LogP contribution in [0.5, 0.6) is 5.75 Å². The Labute approximate surface area is 230 Å². The van der Waals surface area contributed by atoms with Crippen molar-refractivity contribution in [3.8, 4) is 5.75 Å². The molecule has 3 heterocycles. The molecule has 0 aliphatic rings. The quantitative estimate of drug-likeness (QED) is 0.183. The first-order chi connectivity index (χ1) is 19.7. The van der Waals surface area contributed by atoms with Gasteiger partial charge >= 0.3 is 6.18 Å². The first-order valence-electron chi connectivity index (χ1n) is 12.4. The fourth-order valence-electron chi connectivity index (χ4n) is 3.66. The molecule has 2 N–H and O–H groups in total. The van der Waals surface area contributed by atoms with Gasteiger partial charge in [0.15, 0.2) is 11.4 Å². The van der Waals surface area contributed by atoms with Gasteiger partial charge in [0.2, 0.25) is 6.86 Å². The van der Waals surface area contributed by atoms with Gasteiger partial charge in [0, 0.05) is 25.8 Å². The van der Waals surface area contributed by atoms with Crippen LogP contribution in [-0.4, -0.2) is 53.6 Å². The summed E-state index contributed by atoms with van der Waals surface area (Å²) < 4.78 is 58.6. The molecule has 12 nitrogen and oxygen atoms in total. The van der Waals surface area contributed by atoms with Gasteiger partial charge in [-0.1, -0.05) is 22.6 Å². The monoisotopic (exact) mass is 575 g/mol. The molecule has 0 aliphatic carbocycles. The van der Waals surface area contributed by atoms with Crippen molar-refractivity contribution in [2.75, 3.05) is 6.86 Å². The van der Waals surface area contributed by atoms with Crippen LogP contribution in [0.3, 0.4) is 0 Å². The Morgan fingerprint density at radius 2 is 1.51 bits per heavy atom. The molecular formula is C25H25F4N9O3. The van der Waals surface area contributed by atoms with Gasteiger partial charge in [0.1, 0.15) is 5.75 Å². The van der Waals surface area contributed by atoms with Gasteiger partial charge in [0.05, 0.1) is 30.2 Å². The number of rotatable bonds is 13. The largest absolute Gasteiger partial charge is 0.463 e. The Bertz CT molecular complexity index is 1470. The van der Waals surface area contributed by atoms with Gasteiger partial charge in [-0.3, -0.25) is 23.9 Å². The Hall–Kier alpha value is -4.89. The maximum atomic E-state index is 12.8. The third-order valence-corrected chi connectivity index (χ3v) is 5.71. The van der Waals surface area contributed by atoms with Gasteiger partial charge in [-0.05, 0) is 42.7 Å². The number of carbonyl (C=O) groups excluding carboxylic acids is 2. The minimum absolute atomic E-state index is 0.0190. The normalized spacial score (nSPS) is 11.3. The summed E-state index contributed by atoms with van der Waals surface area (Å²) in [4.78, 5) is 28.5. The minimum Gasteiger partial charge on any atom is -0.463 e. The summed E-state index contributed by atoms with van der Waals surface area (Å²) in [6.45, 7) is -0.00782. The molecule has 16 heteroatoms. The van der Waals surface area contributed by atoms with E-state index in [0.29, 0.717) is 31.7 Å². The Balaban J connectivity index is 1.17. The van der Waals surface area contributed by atoms with Crippen LogP contribution in [0.4, 0.5) is 17.6 Å². The second-order valence-electron chi connectivity index (χ2n) is 8.74. The third-order valence-electron chi connectivity index (χ3n) is 5.71. The summed E-state index contributed by atoms with van der Waals surface area (Å²) in [5.74, 6) is -0.642. The van der Waals surface area contributed by atoms with E-state index < -0.39 is 30.4 Å². The number of pyridine rings is 1. The third kappa shape index (κ3) is 8.55. The molecule has 3 aromatic heterocycles. The average molecular weight is 576 g/mol. The lowest BCUT2D eigenvalue weighted by molar-refractivity contribution is -0.137. The number of nitrogens with zero attached hydrogens (tertiary/aromatic N) is 7. The topological polar surface area (TPSA) is 142 Å². The molecule has 1 aromatic carbocycles. The summed E-state index contributed by atoms with van der Waals surface area (Å²) in [6.07, 6.45) is 0.801. The number of unbranched alkanes of at least 4 members (excludes halogenated alkanes) is 1. The van der Waals surface area contributed by atoms with E-state index >= 15 is 0 Å². The van der Waals surface area contributed by atoms with Crippen LogP contribution < -0.4 is 15.4 Å². The molecule has 0 saturated heterocycles. The van der Waals surface area contributed by atoms with E-state index in [4.69, 9.17) is 4.74 Å². The molecule has 0 fully saturated rings. The first-order valence-corrected chi connectivity index (χ1v) is 12.4. The maximum Gasteiger partial charge on any atom is 0.416 e. The van der Waals surface area contributed by atoms with Crippen molar-refractivity contribution in [1.82, 2.24) is 45.6 Å². The summed E-state index contributed by atoms with van der Waals surface area (Å²) in [5.41, 5.74) is 0.110. The van der Waals surface area contributed by atoms with E-state index in [1.807, 2.05) is 0 Å². The van der Waals surface area contributed by atoms with Crippen LogP contribution in [0.25, 0.3) is 0 Å². The molecule has 0 radical (unpaired) electrons. The number of carbonyl (C=O) groups is 2. The standard InChI is InChI=1S/C25H25F4N9O3/c26-16-41-20-5-3-4-17(10-20)12-31-23(39)21-14-37(35-33-21)8-1-2-9-38-15-22(34-36-38)24(40)32-13-19-11-18(6-7-30-19)25(27,28)29/h3-7,10-11,14-15H,1-2,8-9,12-13,16H2,(H,31,39)(H,32,40). The van der Waals surface area contributed by atoms with E-state index in [1.54, 1.807) is 24.3 Å². The van der Waals surface area contributed by atoms with Gasteiger partial charge in [-0.25, -0.2) is 4.39 Å². The first kappa shape index (κ1) is 29.1. The number of hydrogen-bond acceptors (Lipinski definition) is 8. The molecule has 0 bridgehead atoms. The van der Waals surface area contributed by atoms with E-state index in [1.165, 1.54) is 21.8 Å². The SMILES string of the molecule is O=C(NCc1cccc(OCF)c1)c1cn(CCCCn2cc(C(=O)NCc3cc(C(F)(F)F)ccn3)nn2)nn1. The van der Waals surface area contributed by atoms with Crippen molar-refractivity contribution in [3.05, 3.63) is 83.2 Å². The number of ether oxygens (including phenoxy) is 1. The second kappa shape index (κ2) is 13.5. The lowest BCUT2D eigenvalue weighted by Crippen LogP contribution is -2.24. The van der Waals surface area contributed by atoms with E-state index in [0.717, 1.165) is 23.9 Å². The summed E-state index contributed by atoms with van der Waals surface area (Å²) in [6, 6.07) is 8.42. The lowest BCUT2D eigenvalue weighted by Gasteiger charge is -2.08. The highest BCUT2D eigenvalue weighted by atomic mass is 19.4. The molecule has 0 saturated carbocycles. The zero-order valence-electron chi connectivity index (χ0n) is 21.5. The van der Waals surface area contributed by atoms with Gasteiger partial charge in [-0.2, -0.15) is 13.2 Å². The molecule has 4 aromatic rings. The average Bonchev–Trinajstić information content (AvgIpc) is 3.63. The number of amides is 2. The number of nitrogens with one attached hydrogen (secondary N) is 2. The van der Waals surface area contributed by atoms with E-state index in [9.17, 15) is 27.2 Å². The fraction of sp³-hybridized carbons (Fsp3) is 0.320. The van der Waals surface area contributed by atoms with Crippen LogP contribution in [0.2, 0.25) is 0 Å². The summed E-state index contributed by atoms with van der Waals surface area (Å²) >= 11 is 0. The number of alkyl halides is 4. The van der Waals surface area contributed by atoms with Crippen LogP contribution in [0.15, 0.2) is 55.0 Å². The van der Waals surface area contributed by atoms with Crippen molar-refractivity contribution in [2.24, 2.45) is 0 Å². The molecule has 2 amide bonds. The molecule has 216 valence electrons. The number of aryl methyl sites for hydroxylation is 2. The number of halogens is 4. The maximum absolute atomic E-state index is 12.8. The highest BCUT2D eigenvalue weighted by Gasteiger charge is 2.30. The number of aromatic nitrogens is 7. The van der Waals surface area contributed by atoms with Crippen molar-refractivity contribution in [1.29, 1.82) is 0 Å². The molecule has 0 spiro atoms. The molecule has 0 atom stereocenters. The second-order valence-corrected chi connectivity index (χ2v) is 8.74. The highest BCUT2D eigenvalue weighted by molar-refractivity contribution is 5.92.